The molecule has 2 fully saturated rings. The Bertz CT molecular complexity index is 505. The third kappa shape index (κ3) is 3.12. The molecule has 0 aromatic carbocycles. The van der Waals surface area contributed by atoms with Crippen LogP contribution in [0, 0.1) is 18.8 Å². The van der Waals surface area contributed by atoms with Crippen LogP contribution in [-0.4, -0.2) is 35.2 Å². The third-order valence-electron chi connectivity index (χ3n) is 4.61. The van der Waals surface area contributed by atoms with E-state index in [4.69, 9.17) is 10.5 Å². The highest BCUT2D eigenvalue weighted by molar-refractivity contribution is 5.36. The molecule has 1 aromatic heterocycles. The number of nitrogens with two attached hydrogens (primary N) is 1. The fourth-order valence-electron chi connectivity index (χ4n) is 3.65. The number of rotatable bonds is 3. The number of aryl methyl sites for hydroxylation is 1. The summed E-state index contributed by atoms with van der Waals surface area (Å²) in [6, 6.07) is 2.24. The molecule has 2 aliphatic rings. The summed E-state index contributed by atoms with van der Waals surface area (Å²) in [7, 11) is 0. The Morgan fingerprint density at radius 1 is 1.29 bits per heavy atom. The highest BCUT2D eigenvalue weighted by Crippen LogP contribution is 2.37. The van der Waals surface area contributed by atoms with Gasteiger partial charge in [-0.1, -0.05) is 6.42 Å². The number of aromatic nitrogens is 2. The van der Waals surface area contributed by atoms with Crippen molar-refractivity contribution in [2.45, 2.75) is 52.2 Å². The number of fused-ring (bicyclic) bond motifs is 1. The van der Waals surface area contributed by atoms with Crippen molar-refractivity contribution >= 4 is 5.95 Å². The van der Waals surface area contributed by atoms with Crippen LogP contribution in [0.3, 0.4) is 0 Å². The minimum atomic E-state index is 0.127. The van der Waals surface area contributed by atoms with Crippen molar-refractivity contribution in [3.8, 4) is 5.88 Å². The largest absolute Gasteiger partial charge is 0.475 e. The number of anilines is 1. The molecule has 2 heterocycles. The molecule has 116 valence electrons. The molecule has 3 atom stereocenters. The van der Waals surface area contributed by atoms with Crippen LogP contribution in [0.4, 0.5) is 5.95 Å². The van der Waals surface area contributed by atoms with Crippen LogP contribution >= 0.6 is 0 Å². The molecule has 1 saturated carbocycles. The molecule has 2 N–H and O–H groups in total. The second-order valence-corrected chi connectivity index (χ2v) is 6.74. The molecular weight excluding hydrogens is 264 g/mol. The summed E-state index contributed by atoms with van der Waals surface area (Å²) in [4.78, 5) is 11.5. The lowest BCUT2D eigenvalue weighted by atomic mass is 9.78. The van der Waals surface area contributed by atoms with Gasteiger partial charge in [0.1, 0.15) is 0 Å². The van der Waals surface area contributed by atoms with Gasteiger partial charge in [0.15, 0.2) is 0 Å². The highest BCUT2D eigenvalue weighted by Gasteiger charge is 2.39. The summed E-state index contributed by atoms with van der Waals surface area (Å²) in [5.74, 6) is 2.77. The Balaban J connectivity index is 1.79. The summed E-state index contributed by atoms with van der Waals surface area (Å²) in [5.41, 5.74) is 7.25. The third-order valence-corrected chi connectivity index (χ3v) is 4.61. The lowest BCUT2D eigenvalue weighted by molar-refractivity contribution is 0.232. The van der Waals surface area contributed by atoms with E-state index in [1.807, 2.05) is 26.8 Å². The maximum Gasteiger partial charge on any atom is 0.228 e. The first-order valence-corrected chi connectivity index (χ1v) is 8.06. The predicted molar refractivity (Wildman–Crippen MR) is 83.6 cm³/mol. The minimum absolute atomic E-state index is 0.127. The van der Waals surface area contributed by atoms with E-state index in [9.17, 15) is 0 Å². The van der Waals surface area contributed by atoms with E-state index in [1.165, 1.54) is 12.8 Å². The zero-order chi connectivity index (χ0) is 15.0. The number of hydrogen-bond acceptors (Lipinski definition) is 5. The van der Waals surface area contributed by atoms with E-state index in [2.05, 4.69) is 14.9 Å². The summed E-state index contributed by atoms with van der Waals surface area (Å²) in [6.45, 7) is 8.04. The average Bonchev–Trinajstić information content (AvgIpc) is 2.82. The smallest absolute Gasteiger partial charge is 0.228 e. The Labute approximate surface area is 126 Å². The van der Waals surface area contributed by atoms with Gasteiger partial charge in [-0.2, -0.15) is 4.98 Å². The van der Waals surface area contributed by atoms with E-state index in [1.54, 1.807) is 0 Å². The Hall–Kier alpha value is -1.36. The lowest BCUT2D eigenvalue weighted by Crippen LogP contribution is -2.38. The van der Waals surface area contributed by atoms with Crippen LogP contribution in [0.2, 0.25) is 0 Å². The average molecular weight is 290 g/mol. The molecule has 1 saturated heterocycles. The fraction of sp³-hybridized carbons (Fsp3) is 0.750. The number of ether oxygens (including phenoxy) is 1. The van der Waals surface area contributed by atoms with Gasteiger partial charge < -0.3 is 15.4 Å². The first-order valence-electron chi connectivity index (χ1n) is 8.06. The molecule has 1 aliphatic heterocycles. The van der Waals surface area contributed by atoms with Crippen molar-refractivity contribution in [1.82, 2.24) is 9.97 Å². The molecule has 1 aromatic rings. The van der Waals surface area contributed by atoms with Gasteiger partial charge in [-0.3, -0.25) is 0 Å². The molecule has 0 amide bonds. The van der Waals surface area contributed by atoms with Crippen molar-refractivity contribution in [3.63, 3.8) is 0 Å². The standard InChI is InChI=1S/C16H26N4O/c1-10(2)21-15-7-11(3)18-16(19-15)20-8-12-5-4-6-14(17)13(12)9-20/h7,10,12-14H,4-6,8-9,17H2,1-3H3. The van der Waals surface area contributed by atoms with Crippen LogP contribution in [0.15, 0.2) is 6.07 Å². The summed E-state index contributed by atoms with van der Waals surface area (Å²) >= 11 is 0. The van der Waals surface area contributed by atoms with Gasteiger partial charge in [0.05, 0.1) is 6.10 Å². The van der Waals surface area contributed by atoms with E-state index in [0.29, 0.717) is 23.8 Å². The molecular formula is C16H26N4O. The highest BCUT2D eigenvalue weighted by atomic mass is 16.5. The van der Waals surface area contributed by atoms with Gasteiger partial charge in [0.25, 0.3) is 0 Å². The zero-order valence-corrected chi connectivity index (χ0v) is 13.2. The number of hydrogen-bond donors (Lipinski definition) is 1. The van der Waals surface area contributed by atoms with Crippen molar-refractivity contribution in [3.05, 3.63) is 11.8 Å². The molecule has 0 bridgehead atoms. The second kappa shape index (κ2) is 5.79. The van der Waals surface area contributed by atoms with Gasteiger partial charge in [0, 0.05) is 30.9 Å². The second-order valence-electron chi connectivity index (χ2n) is 6.74. The van der Waals surface area contributed by atoms with Crippen molar-refractivity contribution in [1.29, 1.82) is 0 Å². The monoisotopic (exact) mass is 290 g/mol. The van der Waals surface area contributed by atoms with Crippen molar-refractivity contribution in [2.24, 2.45) is 17.6 Å². The minimum Gasteiger partial charge on any atom is -0.475 e. The Morgan fingerprint density at radius 3 is 2.81 bits per heavy atom. The lowest BCUT2D eigenvalue weighted by Gasteiger charge is -2.29. The van der Waals surface area contributed by atoms with Gasteiger partial charge in [-0.05, 0) is 45.4 Å². The first-order chi connectivity index (χ1) is 10.0. The molecule has 1 aliphatic carbocycles. The van der Waals surface area contributed by atoms with Crippen molar-refractivity contribution in [2.75, 3.05) is 18.0 Å². The van der Waals surface area contributed by atoms with Crippen LogP contribution in [-0.2, 0) is 0 Å². The maximum absolute atomic E-state index is 6.29. The van der Waals surface area contributed by atoms with E-state index in [0.717, 1.165) is 31.2 Å². The Morgan fingerprint density at radius 2 is 2.10 bits per heavy atom. The van der Waals surface area contributed by atoms with Crippen LogP contribution in [0.25, 0.3) is 0 Å². The van der Waals surface area contributed by atoms with Crippen molar-refractivity contribution < 1.29 is 4.74 Å². The molecule has 3 unspecified atom stereocenters. The molecule has 21 heavy (non-hydrogen) atoms. The SMILES string of the molecule is Cc1cc(OC(C)C)nc(N2CC3CCCC(N)C3C2)n1. The normalized spacial score (nSPS) is 28.8. The summed E-state index contributed by atoms with van der Waals surface area (Å²) in [6.07, 6.45) is 3.83. The van der Waals surface area contributed by atoms with Gasteiger partial charge in [-0.25, -0.2) is 4.98 Å². The maximum atomic E-state index is 6.29. The van der Waals surface area contributed by atoms with Crippen LogP contribution in [0.1, 0.15) is 38.8 Å². The molecule has 3 rings (SSSR count). The van der Waals surface area contributed by atoms with E-state index >= 15 is 0 Å². The molecule has 5 heteroatoms. The molecule has 0 spiro atoms. The first kappa shape index (κ1) is 14.6. The number of nitrogens with zero attached hydrogens (tertiary/aromatic N) is 3. The van der Waals surface area contributed by atoms with Crippen LogP contribution < -0.4 is 15.4 Å². The van der Waals surface area contributed by atoms with Gasteiger partial charge in [-0.15, -0.1) is 0 Å². The summed E-state index contributed by atoms with van der Waals surface area (Å²) < 4.78 is 5.73. The molecule has 0 radical (unpaired) electrons. The summed E-state index contributed by atoms with van der Waals surface area (Å²) in [5, 5.41) is 0. The fourth-order valence-corrected chi connectivity index (χ4v) is 3.65. The van der Waals surface area contributed by atoms with Gasteiger partial charge >= 0.3 is 0 Å². The Kier molecular flexibility index (Phi) is 4.02. The van der Waals surface area contributed by atoms with E-state index in [-0.39, 0.29) is 6.10 Å². The zero-order valence-electron chi connectivity index (χ0n) is 13.2. The topological polar surface area (TPSA) is 64.3 Å². The molecule has 5 nitrogen and oxygen atoms in total. The van der Waals surface area contributed by atoms with Gasteiger partial charge in [0.2, 0.25) is 11.8 Å². The quantitative estimate of drug-likeness (QED) is 0.924. The van der Waals surface area contributed by atoms with E-state index < -0.39 is 0 Å². The predicted octanol–water partition coefficient (Wildman–Crippen LogP) is 2.14. The van der Waals surface area contributed by atoms with Crippen LogP contribution in [0.5, 0.6) is 5.88 Å².